The van der Waals surface area contributed by atoms with Crippen molar-refractivity contribution in [3.05, 3.63) is 42.0 Å². The van der Waals surface area contributed by atoms with E-state index in [2.05, 4.69) is 25.2 Å². The Hall–Kier alpha value is -2.54. The summed E-state index contributed by atoms with van der Waals surface area (Å²) >= 11 is 0. The van der Waals surface area contributed by atoms with Gasteiger partial charge in [0.15, 0.2) is 0 Å². The van der Waals surface area contributed by atoms with E-state index in [1.807, 2.05) is 31.2 Å². The fourth-order valence-electron chi connectivity index (χ4n) is 3.30. The van der Waals surface area contributed by atoms with Crippen molar-refractivity contribution in [3.63, 3.8) is 0 Å². The first-order chi connectivity index (χ1) is 12.1. The molecule has 1 aliphatic rings. The summed E-state index contributed by atoms with van der Waals surface area (Å²) in [5.74, 6) is 1.73. The zero-order valence-corrected chi connectivity index (χ0v) is 14.5. The van der Waals surface area contributed by atoms with E-state index in [1.165, 1.54) is 0 Å². The normalized spacial score (nSPS) is 18.0. The van der Waals surface area contributed by atoms with E-state index >= 15 is 0 Å². The largest absolute Gasteiger partial charge is 0.369 e. The number of carbonyl (C=O) groups is 1. The SMILES string of the molecule is Cc1cccc(Nc2cc(C[C@@H]3CCCN(CC(N)=O)C3)ncn2)n1. The number of piperidine rings is 1. The minimum Gasteiger partial charge on any atom is -0.369 e. The molecule has 2 aromatic rings. The number of nitrogens with two attached hydrogens (primary N) is 1. The molecule has 2 aromatic heterocycles. The van der Waals surface area contributed by atoms with Crippen LogP contribution in [0.4, 0.5) is 11.6 Å². The number of nitrogens with zero attached hydrogens (tertiary/aromatic N) is 4. The highest BCUT2D eigenvalue weighted by Crippen LogP contribution is 2.21. The molecule has 1 atom stereocenters. The van der Waals surface area contributed by atoms with Crippen molar-refractivity contribution in [2.45, 2.75) is 26.2 Å². The maximum atomic E-state index is 11.1. The molecule has 3 N–H and O–H groups in total. The number of aryl methyl sites for hydroxylation is 1. The van der Waals surface area contributed by atoms with E-state index in [-0.39, 0.29) is 5.91 Å². The number of pyridine rings is 1. The van der Waals surface area contributed by atoms with E-state index in [4.69, 9.17) is 5.73 Å². The lowest BCUT2D eigenvalue weighted by molar-refractivity contribution is -0.119. The van der Waals surface area contributed by atoms with Gasteiger partial charge >= 0.3 is 0 Å². The first kappa shape index (κ1) is 17.3. The molecule has 0 aliphatic carbocycles. The maximum absolute atomic E-state index is 11.1. The number of likely N-dealkylation sites (tertiary alicyclic amines) is 1. The van der Waals surface area contributed by atoms with Crippen LogP contribution >= 0.6 is 0 Å². The molecule has 0 saturated carbocycles. The lowest BCUT2D eigenvalue weighted by atomic mass is 9.93. The fraction of sp³-hybridized carbons (Fsp3) is 0.444. The van der Waals surface area contributed by atoms with Crippen molar-refractivity contribution < 1.29 is 4.79 Å². The van der Waals surface area contributed by atoms with Gasteiger partial charge in [0.25, 0.3) is 0 Å². The maximum Gasteiger partial charge on any atom is 0.231 e. The van der Waals surface area contributed by atoms with Crippen molar-refractivity contribution in [1.29, 1.82) is 0 Å². The molecular formula is C18H24N6O. The molecule has 3 heterocycles. The second kappa shape index (κ2) is 8.02. The Kier molecular flexibility index (Phi) is 5.55. The van der Waals surface area contributed by atoms with Gasteiger partial charge in [-0.05, 0) is 50.8 Å². The van der Waals surface area contributed by atoms with Crippen LogP contribution in [0.25, 0.3) is 0 Å². The number of primary amides is 1. The van der Waals surface area contributed by atoms with Crippen LogP contribution in [0.2, 0.25) is 0 Å². The Morgan fingerprint density at radius 1 is 1.36 bits per heavy atom. The number of hydrogen-bond acceptors (Lipinski definition) is 6. The van der Waals surface area contributed by atoms with Gasteiger partial charge in [0, 0.05) is 24.0 Å². The number of nitrogens with one attached hydrogen (secondary N) is 1. The summed E-state index contributed by atoms with van der Waals surface area (Å²) in [6.45, 7) is 4.12. The summed E-state index contributed by atoms with van der Waals surface area (Å²) in [4.78, 5) is 26.4. The summed E-state index contributed by atoms with van der Waals surface area (Å²) in [7, 11) is 0. The summed E-state index contributed by atoms with van der Waals surface area (Å²) in [5, 5.41) is 3.22. The van der Waals surface area contributed by atoms with E-state index in [1.54, 1.807) is 6.33 Å². The van der Waals surface area contributed by atoms with Gasteiger partial charge in [0.1, 0.15) is 18.0 Å². The number of hydrogen-bond donors (Lipinski definition) is 2. The van der Waals surface area contributed by atoms with Crippen LogP contribution in [0.15, 0.2) is 30.6 Å². The average Bonchev–Trinajstić information content (AvgIpc) is 2.55. The van der Waals surface area contributed by atoms with Crippen molar-refractivity contribution in [3.8, 4) is 0 Å². The minimum atomic E-state index is -0.264. The van der Waals surface area contributed by atoms with Crippen LogP contribution in [-0.4, -0.2) is 45.4 Å². The highest BCUT2D eigenvalue weighted by Gasteiger charge is 2.21. The molecule has 1 fully saturated rings. The highest BCUT2D eigenvalue weighted by atomic mass is 16.1. The second-order valence-corrected chi connectivity index (χ2v) is 6.60. The Bertz CT molecular complexity index is 735. The monoisotopic (exact) mass is 340 g/mol. The van der Waals surface area contributed by atoms with Crippen LogP contribution in [0.5, 0.6) is 0 Å². The molecule has 25 heavy (non-hydrogen) atoms. The third-order valence-corrected chi connectivity index (χ3v) is 4.35. The molecule has 0 aromatic carbocycles. The van der Waals surface area contributed by atoms with Gasteiger partial charge in [-0.3, -0.25) is 9.69 Å². The molecule has 0 unspecified atom stereocenters. The van der Waals surface area contributed by atoms with E-state index < -0.39 is 0 Å². The Balaban J connectivity index is 1.62. The molecule has 0 bridgehead atoms. The third-order valence-electron chi connectivity index (χ3n) is 4.35. The van der Waals surface area contributed by atoms with Gasteiger partial charge in [0.05, 0.1) is 6.54 Å². The van der Waals surface area contributed by atoms with Crippen molar-refractivity contribution in [2.24, 2.45) is 11.7 Å². The van der Waals surface area contributed by atoms with Crippen LogP contribution in [0.1, 0.15) is 24.2 Å². The lowest BCUT2D eigenvalue weighted by Crippen LogP contribution is -2.41. The van der Waals surface area contributed by atoms with E-state index in [0.29, 0.717) is 12.5 Å². The zero-order valence-electron chi connectivity index (χ0n) is 14.5. The molecular weight excluding hydrogens is 316 g/mol. The van der Waals surface area contributed by atoms with Crippen LogP contribution in [0, 0.1) is 12.8 Å². The van der Waals surface area contributed by atoms with Gasteiger partial charge in [0.2, 0.25) is 5.91 Å². The number of aromatic nitrogens is 3. The molecule has 1 saturated heterocycles. The standard InChI is InChI=1S/C18H24N6O/c1-13-4-2-6-17(22-13)23-18-9-15(20-12-21-18)8-14-5-3-7-24(10-14)11-16(19)25/h2,4,6,9,12,14H,3,5,7-8,10-11H2,1H3,(H2,19,25)(H,20,21,22,23)/t14-/m0/s1. The Morgan fingerprint density at radius 2 is 2.24 bits per heavy atom. The number of amides is 1. The highest BCUT2D eigenvalue weighted by molar-refractivity contribution is 5.75. The van der Waals surface area contributed by atoms with Gasteiger partial charge in [-0.15, -0.1) is 0 Å². The van der Waals surface area contributed by atoms with E-state index in [0.717, 1.165) is 55.4 Å². The van der Waals surface area contributed by atoms with Gasteiger partial charge in [-0.1, -0.05) is 6.07 Å². The molecule has 132 valence electrons. The molecule has 7 heteroatoms. The Morgan fingerprint density at radius 3 is 3.04 bits per heavy atom. The number of carbonyl (C=O) groups excluding carboxylic acids is 1. The third kappa shape index (κ3) is 5.22. The smallest absolute Gasteiger partial charge is 0.231 e. The lowest BCUT2D eigenvalue weighted by Gasteiger charge is -2.31. The average molecular weight is 340 g/mol. The van der Waals surface area contributed by atoms with Crippen molar-refractivity contribution in [2.75, 3.05) is 25.0 Å². The van der Waals surface area contributed by atoms with Crippen molar-refractivity contribution in [1.82, 2.24) is 19.9 Å². The van der Waals surface area contributed by atoms with Crippen LogP contribution < -0.4 is 11.1 Å². The quantitative estimate of drug-likeness (QED) is 0.830. The van der Waals surface area contributed by atoms with Gasteiger partial charge in [-0.25, -0.2) is 15.0 Å². The zero-order chi connectivity index (χ0) is 17.6. The van der Waals surface area contributed by atoms with Crippen molar-refractivity contribution >= 4 is 17.5 Å². The number of anilines is 2. The molecule has 7 nitrogen and oxygen atoms in total. The topological polar surface area (TPSA) is 97.0 Å². The first-order valence-corrected chi connectivity index (χ1v) is 8.61. The summed E-state index contributed by atoms with van der Waals surface area (Å²) in [6, 6.07) is 7.80. The summed E-state index contributed by atoms with van der Waals surface area (Å²) in [5.41, 5.74) is 7.26. The van der Waals surface area contributed by atoms with Gasteiger partial charge in [-0.2, -0.15) is 0 Å². The molecule has 0 radical (unpaired) electrons. The second-order valence-electron chi connectivity index (χ2n) is 6.60. The Labute approximate surface area is 147 Å². The minimum absolute atomic E-state index is 0.264. The van der Waals surface area contributed by atoms with E-state index in [9.17, 15) is 4.79 Å². The van der Waals surface area contributed by atoms with Gasteiger partial charge < -0.3 is 11.1 Å². The van der Waals surface area contributed by atoms with Crippen LogP contribution in [-0.2, 0) is 11.2 Å². The summed E-state index contributed by atoms with van der Waals surface area (Å²) in [6.07, 6.45) is 4.67. The predicted octanol–water partition coefficient (Wildman–Crippen LogP) is 1.66. The summed E-state index contributed by atoms with van der Waals surface area (Å²) < 4.78 is 0. The molecule has 1 aliphatic heterocycles. The molecule has 3 rings (SSSR count). The molecule has 0 spiro atoms. The first-order valence-electron chi connectivity index (χ1n) is 8.61. The number of rotatable bonds is 6. The fourth-order valence-corrected chi connectivity index (χ4v) is 3.30. The predicted molar refractivity (Wildman–Crippen MR) is 96.4 cm³/mol. The van der Waals surface area contributed by atoms with Crippen LogP contribution in [0.3, 0.4) is 0 Å². The molecule has 1 amide bonds.